The number of anilines is 1. The number of thiophene rings is 1. The van der Waals surface area contributed by atoms with Crippen LogP contribution in [-0.4, -0.2) is 11.7 Å². The third-order valence-corrected chi connectivity index (χ3v) is 5.40. The van der Waals surface area contributed by atoms with Gasteiger partial charge in [0.25, 0.3) is 5.91 Å². The quantitative estimate of drug-likeness (QED) is 0.740. The van der Waals surface area contributed by atoms with Crippen LogP contribution in [0.2, 0.25) is 0 Å². The number of Topliss-reactive ketones (excluding diaryl/α,β-unsaturated/α-hetero) is 1. The molecule has 0 spiro atoms. The number of nitrogens with one attached hydrogen (secondary N) is 1. The van der Waals surface area contributed by atoms with E-state index in [4.69, 9.17) is 0 Å². The van der Waals surface area contributed by atoms with Crippen molar-refractivity contribution in [2.24, 2.45) is 5.92 Å². The van der Waals surface area contributed by atoms with Gasteiger partial charge in [0.05, 0.1) is 8.66 Å². The summed E-state index contributed by atoms with van der Waals surface area (Å²) in [5.41, 5.74) is 2.34. The highest BCUT2D eigenvalue weighted by molar-refractivity contribution is 9.11. The van der Waals surface area contributed by atoms with E-state index in [9.17, 15) is 9.59 Å². The normalized spacial score (nSPS) is 13.9. The van der Waals surface area contributed by atoms with Crippen LogP contribution in [0.15, 0.2) is 34.1 Å². The number of carbonyl (C=O) groups excluding carboxylic acids is 2. The molecule has 1 saturated carbocycles. The topological polar surface area (TPSA) is 46.2 Å². The first kappa shape index (κ1) is 15.4. The molecule has 3 nitrogen and oxygen atoms in total. The number of ketones is 1. The Kier molecular flexibility index (Phi) is 4.45. The summed E-state index contributed by atoms with van der Waals surface area (Å²) in [6.45, 7) is 1.93. The lowest BCUT2D eigenvalue weighted by atomic mass is 10.0. The van der Waals surface area contributed by atoms with Gasteiger partial charge >= 0.3 is 0 Å². The molecule has 1 N–H and O–H groups in total. The molecule has 22 heavy (non-hydrogen) atoms. The van der Waals surface area contributed by atoms with Gasteiger partial charge in [-0.3, -0.25) is 9.59 Å². The Balaban J connectivity index is 1.77. The average Bonchev–Trinajstić information content (AvgIpc) is 3.19. The van der Waals surface area contributed by atoms with Crippen LogP contribution in [0.25, 0.3) is 0 Å². The Hall–Kier alpha value is -1.46. The second kappa shape index (κ2) is 6.34. The van der Waals surface area contributed by atoms with Gasteiger partial charge in [-0.25, -0.2) is 0 Å². The third-order valence-electron chi connectivity index (χ3n) is 3.78. The minimum atomic E-state index is -0.148. The Morgan fingerprint density at radius 2 is 2.05 bits per heavy atom. The molecule has 0 unspecified atom stereocenters. The summed E-state index contributed by atoms with van der Waals surface area (Å²) in [7, 11) is 0. The fourth-order valence-electron chi connectivity index (χ4n) is 2.25. The molecule has 1 heterocycles. The van der Waals surface area contributed by atoms with E-state index in [0.717, 1.165) is 22.2 Å². The molecule has 0 radical (unpaired) electrons. The number of amides is 1. The monoisotopic (exact) mass is 377 g/mol. The number of aryl methyl sites for hydroxylation is 1. The van der Waals surface area contributed by atoms with Crippen molar-refractivity contribution >= 4 is 44.6 Å². The fourth-order valence-corrected chi connectivity index (χ4v) is 3.53. The lowest BCUT2D eigenvalue weighted by molar-refractivity contribution is 0.0974. The van der Waals surface area contributed by atoms with Gasteiger partial charge in [-0.1, -0.05) is 12.1 Å². The zero-order valence-electron chi connectivity index (χ0n) is 12.2. The van der Waals surface area contributed by atoms with E-state index >= 15 is 0 Å². The van der Waals surface area contributed by atoms with Crippen molar-refractivity contribution in [3.8, 4) is 0 Å². The minimum absolute atomic E-state index is 0.148. The molecule has 1 aliphatic carbocycles. The highest BCUT2D eigenvalue weighted by Gasteiger charge is 2.25. The van der Waals surface area contributed by atoms with E-state index in [1.54, 1.807) is 12.1 Å². The second-order valence-corrected chi connectivity index (χ2v) is 8.12. The molecule has 5 heteroatoms. The van der Waals surface area contributed by atoms with Crippen molar-refractivity contribution in [2.45, 2.75) is 26.2 Å². The Morgan fingerprint density at radius 1 is 1.27 bits per heavy atom. The maximum atomic E-state index is 12.2. The molecule has 0 aliphatic heterocycles. The Bertz CT molecular complexity index is 734. The maximum Gasteiger partial charge on any atom is 0.265 e. The van der Waals surface area contributed by atoms with Crippen molar-refractivity contribution in [3.63, 3.8) is 0 Å². The van der Waals surface area contributed by atoms with Crippen molar-refractivity contribution in [1.82, 2.24) is 0 Å². The molecule has 1 fully saturated rings. The maximum absolute atomic E-state index is 12.2. The molecule has 2 aromatic rings. The van der Waals surface area contributed by atoms with Crippen LogP contribution in [0.4, 0.5) is 5.69 Å². The van der Waals surface area contributed by atoms with Crippen molar-refractivity contribution in [2.75, 3.05) is 5.32 Å². The SMILES string of the molecule is Cc1ccc(C(=O)CC2CC2)cc1NC(=O)c1ccc(Br)s1. The molecule has 0 bridgehead atoms. The molecule has 1 aliphatic rings. The molecule has 0 saturated heterocycles. The zero-order chi connectivity index (χ0) is 15.7. The van der Waals surface area contributed by atoms with E-state index in [0.29, 0.717) is 28.5 Å². The van der Waals surface area contributed by atoms with Gasteiger partial charge in [-0.15, -0.1) is 11.3 Å². The predicted molar refractivity (Wildman–Crippen MR) is 92.8 cm³/mol. The molecule has 1 amide bonds. The molecule has 3 rings (SSSR count). The summed E-state index contributed by atoms with van der Waals surface area (Å²) in [4.78, 5) is 25.1. The van der Waals surface area contributed by atoms with Gasteiger partial charge in [0, 0.05) is 17.7 Å². The summed E-state index contributed by atoms with van der Waals surface area (Å²) in [6.07, 6.45) is 2.94. The Morgan fingerprint density at radius 3 is 2.68 bits per heavy atom. The standard InChI is InChI=1S/C17H16BrNO2S/c1-10-2-5-12(14(20)8-11-3-4-11)9-13(10)19-17(21)15-6-7-16(18)22-15/h2,5-7,9,11H,3-4,8H2,1H3,(H,19,21). The average molecular weight is 378 g/mol. The molecule has 1 aromatic carbocycles. The lowest BCUT2D eigenvalue weighted by Gasteiger charge is -2.09. The van der Waals surface area contributed by atoms with E-state index in [1.807, 2.05) is 25.1 Å². The number of carbonyl (C=O) groups is 2. The summed E-state index contributed by atoms with van der Waals surface area (Å²) < 4.78 is 0.919. The largest absolute Gasteiger partial charge is 0.321 e. The van der Waals surface area contributed by atoms with E-state index < -0.39 is 0 Å². The summed E-state index contributed by atoms with van der Waals surface area (Å²) in [6, 6.07) is 9.15. The number of rotatable bonds is 5. The molecular weight excluding hydrogens is 362 g/mol. The van der Waals surface area contributed by atoms with Gasteiger partial charge in [-0.2, -0.15) is 0 Å². The first-order chi connectivity index (χ1) is 10.5. The van der Waals surface area contributed by atoms with Crippen LogP contribution < -0.4 is 5.32 Å². The second-order valence-electron chi connectivity index (χ2n) is 5.66. The molecule has 1 aromatic heterocycles. The Labute approximate surface area is 141 Å². The number of benzene rings is 1. The van der Waals surface area contributed by atoms with Crippen LogP contribution in [0.1, 0.15) is 44.9 Å². The number of hydrogen-bond donors (Lipinski definition) is 1. The first-order valence-electron chi connectivity index (χ1n) is 7.23. The van der Waals surface area contributed by atoms with Crippen LogP contribution in [-0.2, 0) is 0 Å². The zero-order valence-corrected chi connectivity index (χ0v) is 14.6. The number of hydrogen-bond acceptors (Lipinski definition) is 3. The van der Waals surface area contributed by atoms with Crippen LogP contribution in [0, 0.1) is 12.8 Å². The fraction of sp³-hybridized carbons (Fsp3) is 0.294. The smallest absolute Gasteiger partial charge is 0.265 e. The van der Waals surface area contributed by atoms with Crippen LogP contribution in [0.5, 0.6) is 0 Å². The van der Waals surface area contributed by atoms with Crippen LogP contribution in [0.3, 0.4) is 0 Å². The van der Waals surface area contributed by atoms with Gasteiger partial charge in [0.1, 0.15) is 0 Å². The molecular formula is C17H16BrNO2S. The van der Waals surface area contributed by atoms with Gasteiger partial charge in [-0.05, 0) is 65.4 Å². The van der Waals surface area contributed by atoms with E-state index in [-0.39, 0.29) is 11.7 Å². The minimum Gasteiger partial charge on any atom is -0.321 e. The third kappa shape index (κ3) is 3.65. The molecule has 114 valence electrons. The first-order valence-corrected chi connectivity index (χ1v) is 8.84. The van der Waals surface area contributed by atoms with Crippen molar-refractivity contribution < 1.29 is 9.59 Å². The van der Waals surface area contributed by atoms with E-state index in [2.05, 4.69) is 21.2 Å². The van der Waals surface area contributed by atoms with Crippen LogP contribution >= 0.6 is 27.3 Å². The van der Waals surface area contributed by atoms with Gasteiger partial charge in [0.15, 0.2) is 5.78 Å². The highest BCUT2D eigenvalue weighted by Crippen LogP contribution is 2.34. The van der Waals surface area contributed by atoms with E-state index in [1.165, 1.54) is 11.3 Å². The summed E-state index contributed by atoms with van der Waals surface area (Å²) in [5, 5.41) is 2.90. The highest BCUT2D eigenvalue weighted by atomic mass is 79.9. The van der Waals surface area contributed by atoms with Gasteiger partial charge < -0.3 is 5.32 Å². The van der Waals surface area contributed by atoms with Crippen molar-refractivity contribution in [3.05, 3.63) is 50.1 Å². The predicted octanol–water partition coefficient (Wildman–Crippen LogP) is 5.05. The van der Waals surface area contributed by atoms with Crippen molar-refractivity contribution in [1.29, 1.82) is 0 Å². The summed E-state index contributed by atoms with van der Waals surface area (Å²) >= 11 is 4.74. The summed E-state index contributed by atoms with van der Waals surface area (Å²) in [5.74, 6) is 0.581. The lowest BCUT2D eigenvalue weighted by Crippen LogP contribution is -2.12. The van der Waals surface area contributed by atoms with Gasteiger partial charge in [0.2, 0.25) is 0 Å². The molecule has 0 atom stereocenters. The number of halogens is 1.